The van der Waals surface area contributed by atoms with Gasteiger partial charge in [0.25, 0.3) is 5.91 Å². The molecule has 3 heterocycles. The summed E-state index contributed by atoms with van der Waals surface area (Å²) >= 11 is 1.61. The van der Waals surface area contributed by atoms with Crippen LogP contribution >= 0.6 is 11.3 Å². The Hall–Kier alpha value is -1.51. The minimum absolute atomic E-state index is 0.0272. The van der Waals surface area contributed by atoms with Gasteiger partial charge in [-0.25, -0.2) is 9.78 Å². The Balaban J connectivity index is 1.47. The molecule has 0 spiro atoms. The monoisotopic (exact) mass is 338 g/mol. The van der Waals surface area contributed by atoms with Crippen LogP contribution in [0.3, 0.4) is 0 Å². The normalized spacial score (nSPS) is 25.0. The first-order chi connectivity index (χ1) is 11.0. The lowest BCUT2D eigenvalue weighted by Crippen LogP contribution is -2.41. The van der Waals surface area contributed by atoms with E-state index in [1.165, 1.54) is 4.90 Å². The number of amides is 3. The van der Waals surface area contributed by atoms with E-state index in [2.05, 4.69) is 15.2 Å². The molecule has 2 aliphatic heterocycles. The number of morpholine rings is 1. The number of ether oxygens (including phenoxy) is 1. The van der Waals surface area contributed by atoms with Crippen molar-refractivity contribution in [2.45, 2.75) is 31.9 Å². The summed E-state index contributed by atoms with van der Waals surface area (Å²) in [5.74, 6) is -0.148. The van der Waals surface area contributed by atoms with E-state index in [1.807, 2.05) is 5.38 Å². The number of nitrogens with one attached hydrogen (secondary N) is 1. The van der Waals surface area contributed by atoms with Crippen LogP contribution in [0.25, 0.3) is 0 Å². The molecule has 1 atom stereocenters. The van der Waals surface area contributed by atoms with E-state index in [0.29, 0.717) is 13.2 Å². The maximum Gasteiger partial charge on any atom is 0.325 e. The van der Waals surface area contributed by atoms with Crippen LogP contribution in [0.15, 0.2) is 11.6 Å². The third kappa shape index (κ3) is 3.54. The molecule has 3 amide bonds. The van der Waals surface area contributed by atoms with Crippen LogP contribution in [0, 0.1) is 0 Å². The van der Waals surface area contributed by atoms with Crippen LogP contribution in [0.1, 0.15) is 31.4 Å². The highest BCUT2D eigenvalue weighted by Gasteiger charge is 2.43. The summed E-state index contributed by atoms with van der Waals surface area (Å²) in [5.41, 5.74) is -0.786. The molecular weight excluding hydrogens is 316 g/mol. The zero-order valence-electron chi connectivity index (χ0n) is 13.4. The van der Waals surface area contributed by atoms with Gasteiger partial charge in [-0.2, -0.15) is 0 Å². The molecule has 1 aromatic rings. The summed E-state index contributed by atoms with van der Waals surface area (Å²) in [6.45, 7) is 7.10. The van der Waals surface area contributed by atoms with Crippen molar-refractivity contribution in [3.05, 3.63) is 16.6 Å². The third-order valence-corrected chi connectivity index (χ3v) is 5.05. The Labute approximate surface area is 139 Å². The summed E-state index contributed by atoms with van der Waals surface area (Å²) < 4.78 is 5.77. The number of aromatic nitrogens is 1. The topological polar surface area (TPSA) is 74.8 Å². The van der Waals surface area contributed by atoms with Crippen molar-refractivity contribution in [1.82, 2.24) is 20.1 Å². The van der Waals surface area contributed by atoms with Gasteiger partial charge in [0.15, 0.2) is 0 Å². The molecule has 2 saturated heterocycles. The number of carbonyl (C=O) groups is 2. The molecule has 0 saturated carbocycles. The second kappa shape index (κ2) is 6.54. The molecule has 23 heavy (non-hydrogen) atoms. The number of hydrogen-bond acceptors (Lipinski definition) is 6. The molecule has 0 radical (unpaired) electrons. The lowest BCUT2D eigenvalue weighted by Gasteiger charge is -2.32. The van der Waals surface area contributed by atoms with Gasteiger partial charge in [0.05, 0.1) is 6.61 Å². The third-order valence-electron chi connectivity index (χ3n) is 4.18. The summed E-state index contributed by atoms with van der Waals surface area (Å²) in [5, 5.41) is 5.66. The maximum absolute atomic E-state index is 12.1. The van der Waals surface area contributed by atoms with E-state index in [-0.39, 0.29) is 18.0 Å². The van der Waals surface area contributed by atoms with Crippen LogP contribution in [0.4, 0.5) is 4.79 Å². The van der Waals surface area contributed by atoms with Gasteiger partial charge in [0.2, 0.25) is 0 Å². The number of imide groups is 1. The number of urea groups is 1. The lowest BCUT2D eigenvalue weighted by atomic mass is 10.1. The summed E-state index contributed by atoms with van der Waals surface area (Å²) in [6.07, 6.45) is 2.58. The van der Waals surface area contributed by atoms with Crippen molar-refractivity contribution in [2.24, 2.45) is 0 Å². The van der Waals surface area contributed by atoms with E-state index in [1.54, 1.807) is 31.4 Å². The Kier molecular flexibility index (Phi) is 4.65. The van der Waals surface area contributed by atoms with Gasteiger partial charge in [-0.05, 0) is 20.3 Å². The van der Waals surface area contributed by atoms with Crippen molar-refractivity contribution in [1.29, 1.82) is 0 Å². The average molecular weight is 338 g/mol. The molecule has 1 unspecified atom stereocenters. The molecule has 126 valence electrons. The Bertz CT molecular complexity index is 575. The summed E-state index contributed by atoms with van der Waals surface area (Å²) in [4.78, 5) is 31.9. The highest BCUT2D eigenvalue weighted by atomic mass is 32.1. The van der Waals surface area contributed by atoms with Crippen molar-refractivity contribution in [3.8, 4) is 0 Å². The molecule has 2 aliphatic rings. The number of rotatable bonds is 5. The fourth-order valence-electron chi connectivity index (χ4n) is 2.92. The van der Waals surface area contributed by atoms with Gasteiger partial charge >= 0.3 is 6.03 Å². The zero-order valence-corrected chi connectivity index (χ0v) is 14.3. The second-order valence-electron chi connectivity index (χ2n) is 6.40. The fraction of sp³-hybridized carbons (Fsp3) is 0.667. The van der Waals surface area contributed by atoms with Crippen LogP contribution in [0.2, 0.25) is 0 Å². The van der Waals surface area contributed by atoms with Gasteiger partial charge in [-0.15, -0.1) is 11.3 Å². The number of nitrogens with zero attached hydrogens (tertiary/aromatic N) is 3. The minimum Gasteiger partial charge on any atom is -0.368 e. The maximum atomic E-state index is 12.1. The molecule has 8 heteroatoms. The predicted molar refractivity (Wildman–Crippen MR) is 86.2 cm³/mol. The largest absolute Gasteiger partial charge is 0.368 e. The first-order valence-electron chi connectivity index (χ1n) is 7.85. The van der Waals surface area contributed by atoms with E-state index in [9.17, 15) is 9.59 Å². The molecule has 1 N–H and O–H groups in total. The van der Waals surface area contributed by atoms with Gasteiger partial charge in [-0.3, -0.25) is 14.6 Å². The Morgan fingerprint density at radius 3 is 2.91 bits per heavy atom. The van der Waals surface area contributed by atoms with E-state index >= 15 is 0 Å². The highest BCUT2D eigenvalue weighted by Crippen LogP contribution is 2.24. The van der Waals surface area contributed by atoms with E-state index < -0.39 is 5.54 Å². The quantitative estimate of drug-likeness (QED) is 0.818. The summed E-state index contributed by atoms with van der Waals surface area (Å²) in [6, 6.07) is -0.289. The number of thiazole rings is 1. The SMILES string of the molecule is CC1(C)NC(=O)N(CCCN2CCOC(c3nccs3)C2)C1=O. The van der Waals surface area contributed by atoms with E-state index in [4.69, 9.17) is 4.74 Å². The first kappa shape index (κ1) is 16.4. The standard InChI is InChI=1S/C15H22N4O3S/c1-15(2)13(20)19(14(21)17-15)6-3-5-18-7-8-22-11(10-18)12-16-4-9-23-12/h4,9,11H,3,5-8,10H2,1-2H3,(H,17,21). The lowest BCUT2D eigenvalue weighted by molar-refractivity contribution is -0.130. The molecule has 3 rings (SSSR count). The van der Waals surface area contributed by atoms with Gasteiger partial charge in [0.1, 0.15) is 16.7 Å². The summed E-state index contributed by atoms with van der Waals surface area (Å²) in [7, 11) is 0. The smallest absolute Gasteiger partial charge is 0.325 e. The van der Waals surface area contributed by atoms with Crippen molar-refractivity contribution in [2.75, 3.05) is 32.8 Å². The molecule has 0 aliphatic carbocycles. The Morgan fingerprint density at radius 1 is 1.43 bits per heavy atom. The fourth-order valence-corrected chi connectivity index (χ4v) is 3.60. The van der Waals surface area contributed by atoms with Gasteiger partial charge in [-0.1, -0.05) is 0 Å². The van der Waals surface area contributed by atoms with Crippen LogP contribution in [-0.4, -0.2) is 65.0 Å². The van der Waals surface area contributed by atoms with Gasteiger partial charge < -0.3 is 10.1 Å². The molecular formula is C15H22N4O3S. The first-order valence-corrected chi connectivity index (χ1v) is 8.73. The molecule has 0 aromatic carbocycles. The van der Waals surface area contributed by atoms with Crippen LogP contribution in [-0.2, 0) is 9.53 Å². The Morgan fingerprint density at radius 2 is 2.26 bits per heavy atom. The molecule has 1 aromatic heterocycles. The number of hydrogen-bond donors (Lipinski definition) is 1. The van der Waals surface area contributed by atoms with Crippen molar-refractivity contribution in [3.63, 3.8) is 0 Å². The predicted octanol–water partition coefficient (Wildman–Crippen LogP) is 1.24. The van der Waals surface area contributed by atoms with E-state index in [0.717, 1.165) is 31.1 Å². The zero-order chi connectivity index (χ0) is 16.4. The van der Waals surface area contributed by atoms with Gasteiger partial charge in [0, 0.05) is 37.8 Å². The average Bonchev–Trinajstić information content (AvgIpc) is 3.10. The minimum atomic E-state index is -0.786. The molecule has 7 nitrogen and oxygen atoms in total. The van der Waals surface area contributed by atoms with Crippen molar-refractivity contribution >= 4 is 23.3 Å². The molecule has 0 bridgehead atoms. The molecule has 2 fully saturated rings. The van der Waals surface area contributed by atoms with Crippen LogP contribution in [0.5, 0.6) is 0 Å². The van der Waals surface area contributed by atoms with Crippen molar-refractivity contribution < 1.29 is 14.3 Å². The van der Waals surface area contributed by atoms with Crippen LogP contribution < -0.4 is 5.32 Å². The number of carbonyl (C=O) groups excluding carboxylic acids is 2. The highest BCUT2D eigenvalue weighted by molar-refractivity contribution is 7.09. The second-order valence-corrected chi connectivity index (χ2v) is 7.32.